The van der Waals surface area contributed by atoms with Crippen molar-refractivity contribution in [3.63, 3.8) is 0 Å². The van der Waals surface area contributed by atoms with Crippen LogP contribution in [0.25, 0.3) is 0 Å². The van der Waals surface area contributed by atoms with Gasteiger partial charge < -0.3 is 14.7 Å². The van der Waals surface area contributed by atoms with Gasteiger partial charge in [-0.2, -0.15) is 39.5 Å². The van der Waals surface area contributed by atoms with E-state index in [4.69, 9.17) is 0 Å². The smallest absolute Gasteiger partial charge is 0.390 e. The average molecular weight is 376 g/mol. The van der Waals surface area contributed by atoms with Crippen molar-refractivity contribution in [2.75, 3.05) is 19.7 Å². The lowest BCUT2D eigenvalue weighted by molar-refractivity contribution is -0.927. The number of alkyl halides is 9. The highest BCUT2D eigenvalue weighted by atomic mass is 19.4. The number of hydrogen-bond donors (Lipinski definition) is 2. The van der Waals surface area contributed by atoms with Crippen LogP contribution in [0.3, 0.4) is 0 Å². The van der Waals surface area contributed by atoms with Gasteiger partial charge in [0.05, 0.1) is 13.2 Å². The average Bonchev–Trinajstić information content (AvgIpc) is 2.87. The molecule has 0 bridgehead atoms. The van der Waals surface area contributed by atoms with Crippen LogP contribution >= 0.6 is 0 Å². The first-order valence-electron chi connectivity index (χ1n) is 7.04. The Kier molecular flexibility index (Phi) is 4.59. The van der Waals surface area contributed by atoms with Crippen molar-refractivity contribution in [2.24, 2.45) is 0 Å². The molecule has 2 fully saturated rings. The minimum Gasteiger partial charge on any atom is -0.390 e. The second-order valence-electron chi connectivity index (χ2n) is 6.22. The molecule has 2 aliphatic rings. The van der Waals surface area contributed by atoms with E-state index in [1.54, 1.807) is 0 Å². The molecule has 0 aliphatic carbocycles. The van der Waals surface area contributed by atoms with Gasteiger partial charge in [0.15, 0.2) is 0 Å². The number of quaternary nitrogens is 1. The number of nitrogens with one attached hydrogen (secondary N) is 1. The largest absolute Gasteiger partial charge is 0.435 e. The second-order valence-corrected chi connectivity index (χ2v) is 6.22. The molecular formula is C12H15F9NO2+. The van der Waals surface area contributed by atoms with Crippen molar-refractivity contribution in [3.05, 3.63) is 0 Å². The van der Waals surface area contributed by atoms with E-state index in [9.17, 15) is 44.6 Å². The van der Waals surface area contributed by atoms with Crippen LogP contribution in [0.15, 0.2) is 0 Å². The minimum atomic E-state index is -6.72. The molecule has 2 N–H and O–H groups in total. The fourth-order valence-corrected chi connectivity index (χ4v) is 3.70. The first kappa shape index (κ1) is 19.6. The Morgan fingerprint density at radius 2 is 1.46 bits per heavy atom. The summed E-state index contributed by atoms with van der Waals surface area (Å²) in [6.07, 6.45) is -21.7. The molecule has 0 aromatic carbocycles. The first-order valence-corrected chi connectivity index (χ1v) is 7.04. The molecule has 0 aromatic rings. The summed E-state index contributed by atoms with van der Waals surface area (Å²) in [5, 5.41) is 9.38. The molecule has 0 aromatic heterocycles. The normalized spacial score (nSPS) is 32.2. The van der Waals surface area contributed by atoms with Crippen molar-refractivity contribution >= 4 is 0 Å². The molecule has 2 rings (SSSR count). The van der Waals surface area contributed by atoms with Gasteiger partial charge >= 0.3 is 24.1 Å². The summed E-state index contributed by atoms with van der Waals surface area (Å²) >= 11 is 0. The number of fused-ring (bicyclic) bond motifs is 1. The third kappa shape index (κ3) is 2.75. The van der Waals surface area contributed by atoms with Crippen molar-refractivity contribution in [3.8, 4) is 0 Å². The molecule has 2 aliphatic heterocycles. The van der Waals surface area contributed by atoms with Crippen LogP contribution in [0.5, 0.6) is 0 Å². The predicted octanol–water partition coefficient (Wildman–Crippen LogP) is 1.61. The van der Waals surface area contributed by atoms with E-state index in [-0.39, 0.29) is 0 Å². The maximum absolute atomic E-state index is 12.9. The van der Waals surface area contributed by atoms with E-state index in [2.05, 4.69) is 4.74 Å². The summed E-state index contributed by atoms with van der Waals surface area (Å²) in [5.74, 6) is 0. The van der Waals surface area contributed by atoms with Gasteiger partial charge in [0.25, 0.3) is 0 Å². The van der Waals surface area contributed by atoms with Gasteiger partial charge in [0, 0.05) is 19.3 Å². The van der Waals surface area contributed by atoms with Gasteiger partial charge in [0.2, 0.25) is 0 Å². The van der Waals surface area contributed by atoms with Crippen LogP contribution in [0, 0.1) is 0 Å². The standard InChI is InChI=1S/C12H14F9NO2/c13-10(14,15)9(11(16,17)18,12(19,20)21)24-7-4-8(6-23)2-1-3-22(8)5-7/h7,23H,1-6H2/p+1/t7-,8?/m1/s1. The highest BCUT2D eigenvalue weighted by molar-refractivity contribution is 5.04. The minimum absolute atomic E-state index is 0.301. The Labute approximate surface area is 130 Å². The summed E-state index contributed by atoms with van der Waals surface area (Å²) in [6, 6.07) is 0. The molecule has 142 valence electrons. The van der Waals surface area contributed by atoms with Gasteiger partial charge in [-0.3, -0.25) is 0 Å². The van der Waals surface area contributed by atoms with Gasteiger partial charge in [-0.25, -0.2) is 0 Å². The summed E-state index contributed by atoms with van der Waals surface area (Å²) in [6.45, 7) is -0.652. The summed E-state index contributed by atoms with van der Waals surface area (Å²) < 4.78 is 120. The molecule has 0 radical (unpaired) electrons. The van der Waals surface area contributed by atoms with Crippen LogP contribution < -0.4 is 4.90 Å². The number of ether oxygens (including phenoxy) is 1. The van der Waals surface area contributed by atoms with Gasteiger partial charge in [-0.1, -0.05) is 0 Å². The fraction of sp³-hybridized carbons (Fsp3) is 1.00. The Morgan fingerprint density at radius 1 is 0.958 bits per heavy atom. The van der Waals surface area contributed by atoms with Crippen molar-refractivity contribution in [2.45, 2.75) is 55.0 Å². The maximum atomic E-state index is 12.9. The SMILES string of the molecule is OCC12CCC[NH+]1C[C@H](OC(C(F)(F)F)(C(F)(F)F)C(F)(F)F)C2. The van der Waals surface area contributed by atoms with Crippen molar-refractivity contribution in [1.82, 2.24) is 0 Å². The van der Waals surface area contributed by atoms with E-state index >= 15 is 0 Å². The molecular weight excluding hydrogens is 361 g/mol. The summed E-state index contributed by atoms with van der Waals surface area (Å²) in [7, 11) is 0. The lowest BCUT2D eigenvalue weighted by atomic mass is 9.93. The molecule has 12 heteroatoms. The summed E-state index contributed by atoms with van der Waals surface area (Å²) in [4.78, 5) is 0.468. The van der Waals surface area contributed by atoms with Crippen molar-refractivity contribution < 1.29 is 54.3 Å². The highest BCUT2D eigenvalue weighted by Crippen LogP contribution is 2.55. The quantitative estimate of drug-likeness (QED) is 0.734. The van der Waals surface area contributed by atoms with E-state index in [1.165, 1.54) is 0 Å². The van der Waals surface area contributed by atoms with Crippen LogP contribution in [0.4, 0.5) is 39.5 Å². The monoisotopic (exact) mass is 376 g/mol. The van der Waals surface area contributed by atoms with Crippen LogP contribution in [0.2, 0.25) is 0 Å². The number of aliphatic hydroxyl groups is 1. The van der Waals surface area contributed by atoms with Gasteiger partial charge in [0.1, 0.15) is 18.2 Å². The predicted molar refractivity (Wildman–Crippen MR) is 60.1 cm³/mol. The van der Waals surface area contributed by atoms with Crippen molar-refractivity contribution in [1.29, 1.82) is 0 Å². The highest BCUT2D eigenvalue weighted by Gasteiger charge is 2.86. The van der Waals surface area contributed by atoms with Crippen LogP contribution in [-0.2, 0) is 4.74 Å². The fourth-order valence-electron chi connectivity index (χ4n) is 3.70. The second kappa shape index (κ2) is 5.63. The van der Waals surface area contributed by atoms with E-state index in [0.29, 0.717) is 24.3 Å². The lowest BCUT2D eigenvalue weighted by Crippen LogP contribution is -3.16. The van der Waals surface area contributed by atoms with Gasteiger partial charge in [-0.05, 0) is 0 Å². The molecule has 2 saturated heterocycles. The topological polar surface area (TPSA) is 33.9 Å². The van der Waals surface area contributed by atoms with Crippen LogP contribution in [0.1, 0.15) is 19.3 Å². The third-order valence-corrected chi connectivity index (χ3v) is 4.82. The van der Waals surface area contributed by atoms with Crippen LogP contribution in [-0.4, -0.2) is 60.6 Å². The molecule has 0 amide bonds. The maximum Gasteiger partial charge on any atom is 0.435 e. The van der Waals surface area contributed by atoms with Gasteiger partial charge in [-0.15, -0.1) is 0 Å². The molecule has 2 unspecified atom stereocenters. The first-order chi connectivity index (χ1) is 10.7. The summed E-state index contributed by atoms with van der Waals surface area (Å²) in [5.41, 5.74) is -7.29. The number of halogens is 9. The van der Waals surface area contributed by atoms with E-state index < -0.39 is 55.3 Å². The Bertz CT molecular complexity index is 437. The zero-order valence-corrected chi connectivity index (χ0v) is 12.1. The Balaban J connectivity index is 2.38. The van der Waals surface area contributed by atoms with E-state index in [1.807, 2.05) is 0 Å². The zero-order valence-electron chi connectivity index (χ0n) is 12.1. The lowest BCUT2D eigenvalue weighted by Gasteiger charge is -2.39. The third-order valence-electron chi connectivity index (χ3n) is 4.82. The molecule has 2 heterocycles. The van der Waals surface area contributed by atoms with E-state index in [0.717, 1.165) is 0 Å². The molecule has 24 heavy (non-hydrogen) atoms. The molecule has 0 saturated carbocycles. The Hall–Kier alpha value is -0.750. The zero-order chi connectivity index (χ0) is 18.6. The number of hydrogen-bond acceptors (Lipinski definition) is 2. The number of rotatable bonds is 3. The molecule has 0 spiro atoms. The Morgan fingerprint density at radius 3 is 1.83 bits per heavy atom. The molecule has 3 atom stereocenters. The molecule has 3 nitrogen and oxygen atoms in total. The number of aliphatic hydroxyl groups excluding tert-OH is 1.